The van der Waals surface area contributed by atoms with E-state index in [0.29, 0.717) is 17.9 Å². The molecule has 0 unspecified atom stereocenters. The Kier molecular flexibility index (Phi) is 4.78. The van der Waals surface area contributed by atoms with E-state index in [0.717, 1.165) is 16.0 Å². The number of benzene rings is 2. The van der Waals surface area contributed by atoms with Crippen LogP contribution in [0.25, 0.3) is 0 Å². The number of nitrogen functional groups attached to an aromatic ring is 1. The first-order valence-electron chi connectivity index (χ1n) is 6.97. The Hall–Kier alpha value is -2.82. The van der Waals surface area contributed by atoms with Gasteiger partial charge in [-0.15, -0.1) is 0 Å². The molecule has 5 nitrogen and oxygen atoms in total. The molecule has 0 saturated heterocycles. The maximum atomic E-state index is 12.3. The SMILES string of the molecule is CC(=O)N(C(=O)NCc1cccc(C)c1)c1cccc(N)c1. The maximum Gasteiger partial charge on any atom is 0.329 e. The number of nitrogens with two attached hydrogens (primary N) is 1. The van der Waals surface area contributed by atoms with Crippen LogP contribution in [0.5, 0.6) is 0 Å². The van der Waals surface area contributed by atoms with Crippen LogP contribution >= 0.6 is 0 Å². The summed E-state index contributed by atoms with van der Waals surface area (Å²) in [6.45, 7) is 3.68. The molecule has 22 heavy (non-hydrogen) atoms. The number of carbonyl (C=O) groups excluding carboxylic acids is 2. The number of aryl methyl sites for hydroxylation is 1. The molecule has 2 rings (SSSR count). The van der Waals surface area contributed by atoms with Gasteiger partial charge >= 0.3 is 6.03 Å². The number of amides is 3. The van der Waals surface area contributed by atoms with Crippen LogP contribution in [0.3, 0.4) is 0 Å². The van der Waals surface area contributed by atoms with Gasteiger partial charge in [0.15, 0.2) is 0 Å². The third kappa shape index (κ3) is 3.85. The summed E-state index contributed by atoms with van der Waals surface area (Å²) >= 11 is 0. The number of carbonyl (C=O) groups is 2. The van der Waals surface area contributed by atoms with Gasteiger partial charge in [0.25, 0.3) is 0 Å². The minimum Gasteiger partial charge on any atom is -0.399 e. The normalized spacial score (nSPS) is 10.1. The molecule has 0 aliphatic rings. The van der Waals surface area contributed by atoms with Crippen molar-refractivity contribution in [1.82, 2.24) is 5.32 Å². The molecule has 0 saturated carbocycles. The summed E-state index contributed by atoms with van der Waals surface area (Å²) in [5.41, 5.74) is 8.75. The molecule has 3 N–H and O–H groups in total. The van der Waals surface area contributed by atoms with Crippen LogP contribution in [0.1, 0.15) is 18.1 Å². The van der Waals surface area contributed by atoms with Gasteiger partial charge in [-0.3, -0.25) is 4.79 Å². The highest BCUT2D eigenvalue weighted by molar-refractivity contribution is 6.13. The molecule has 114 valence electrons. The van der Waals surface area contributed by atoms with E-state index in [1.807, 2.05) is 31.2 Å². The monoisotopic (exact) mass is 297 g/mol. The third-order valence-corrected chi connectivity index (χ3v) is 3.17. The molecule has 2 aromatic rings. The average Bonchev–Trinajstić information content (AvgIpc) is 2.45. The summed E-state index contributed by atoms with van der Waals surface area (Å²) in [6, 6.07) is 14.0. The smallest absolute Gasteiger partial charge is 0.329 e. The maximum absolute atomic E-state index is 12.3. The number of rotatable bonds is 3. The van der Waals surface area contributed by atoms with Gasteiger partial charge in [-0.1, -0.05) is 35.9 Å². The molecule has 0 fully saturated rings. The second kappa shape index (κ2) is 6.76. The molecule has 0 radical (unpaired) electrons. The highest BCUT2D eigenvalue weighted by atomic mass is 16.2. The fraction of sp³-hybridized carbons (Fsp3) is 0.176. The van der Waals surface area contributed by atoms with Crippen molar-refractivity contribution in [2.24, 2.45) is 0 Å². The molecule has 0 aliphatic carbocycles. The molecule has 5 heteroatoms. The van der Waals surface area contributed by atoms with Crippen LogP contribution in [0.2, 0.25) is 0 Å². The Morgan fingerprint density at radius 2 is 1.86 bits per heavy atom. The Morgan fingerprint density at radius 3 is 2.50 bits per heavy atom. The molecule has 0 aromatic heterocycles. The molecule has 0 heterocycles. The van der Waals surface area contributed by atoms with Gasteiger partial charge in [0.2, 0.25) is 5.91 Å². The summed E-state index contributed by atoms with van der Waals surface area (Å²) in [7, 11) is 0. The van der Waals surface area contributed by atoms with Crippen LogP contribution in [0.4, 0.5) is 16.2 Å². The van der Waals surface area contributed by atoms with Gasteiger partial charge in [0.05, 0.1) is 5.69 Å². The molecule has 2 aromatic carbocycles. The van der Waals surface area contributed by atoms with E-state index in [-0.39, 0.29) is 5.91 Å². The van der Waals surface area contributed by atoms with Crippen molar-refractivity contribution in [3.05, 3.63) is 59.7 Å². The molecule has 3 amide bonds. The van der Waals surface area contributed by atoms with Gasteiger partial charge < -0.3 is 11.1 Å². The predicted octanol–water partition coefficient (Wildman–Crippen LogP) is 2.84. The first-order valence-corrected chi connectivity index (χ1v) is 6.97. The number of nitrogens with zero attached hydrogens (tertiary/aromatic N) is 1. The van der Waals surface area contributed by atoms with Crippen molar-refractivity contribution in [2.75, 3.05) is 10.6 Å². The lowest BCUT2D eigenvalue weighted by atomic mass is 10.1. The summed E-state index contributed by atoms with van der Waals surface area (Å²) in [5.74, 6) is -0.368. The van der Waals surface area contributed by atoms with Crippen molar-refractivity contribution in [1.29, 1.82) is 0 Å². The molecular formula is C17H19N3O2. The van der Waals surface area contributed by atoms with Crippen LogP contribution in [0.15, 0.2) is 48.5 Å². The second-order valence-electron chi connectivity index (χ2n) is 5.10. The van der Waals surface area contributed by atoms with E-state index in [1.54, 1.807) is 24.3 Å². The molecule has 0 spiro atoms. The standard InChI is InChI=1S/C17H19N3O2/c1-12-5-3-6-14(9-12)11-19-17(22)20(13(2)21)16-8-4-7-15(18)10-16/h3-10H,11,18H2,1-2H3,(H,19,22). The number of hydrogen-bond donors (Lipinski definition) is 2. The number of nitrogens with one attached hydrogen (secondary N) is 1. The van der Waals surface area contributed by atoms with Crippen LogP contribution < -0.4 is 16.0 Å². The van der Waals surface area contributed by atoms with Gasteiger partial charge in [-0.2, -0.15) is 0 Å². The van der Waals surface area contributed by atoms with E-state index in [1.165, 1.54) is 6.92 Å². The highest BCUT2D eigenvalue weighted by Gasteiger charge is 2.19. The molecular weight excluding hydrogens is 278 g/mol. The number of hydrogen-bond acceptors (Lipinski definition) is 3. The van der Waals surface area contributed by atoms with E-state index in [2.05, 4.69) is 5.32 Å². The van der Waals surface area contributed by atoms with Crippen LogP contribution in [-0.2, 0) is 11.3 Å². The van der Waals surface area contributed by atoms with E-state index in [4.69, 9.17) is 5.73 Å². The van der Waals surface area contributed by atoms with Gasteiger partial charge in [0.1, 0.15) is 0 Å². The molecule has 0 atom stereocenters. The number of anilines is 2. The third-order valence-electron chi connectivity index (χ3n) is 3.17. The van der Waals surface area contributed by atoms with Crippen molar-refractivity contribution >= 4 is 23.3 Å². The van der Waals surface area contributed by atoms with E-state index in [9.17, 15) is 9.59 Å². The highest BCUT2D eigenvalue weighted by Crippen LogP contribution is 2.18. The van der Waals surface area contributed by atoms with Crippen LogP contribution in [-0.4, -0.2) is 11.9 Å². The number of urea groups is 1. The van der Waals surface area contributed by atoms with E-state index >= 15 is 0 Å². The van der Waals surface area contributed by atoms with Crippen LogP contribution in [0, 0.1) is 6.92 Å². The summed E-state index contributed by atoms with van der Waals surface area (Å²) in [5, 5.41) is 2.75. The first-order chi connectivity index (χ1) is 10.5. The zero-order valence-corrected chi connectivity index (χ0v) is 12.7. The first kappa shape index (κ1) is 15.6. The molecule has 0 aliphatic heterocycles. The Morgan fingerprint density at radius 1 is 1.14 bits per heavy atom. The van der Waals surface area contributed by atoms with Crippen molar-refractivity contribution in [2.45, 2.75) is 20.4 Å². The second-order valence-corrected chi connectivity index (χ2v) is 5.10. The zero-order chi connectivity index (χ0) is 16.1. The average molecular weight is 297 g/mol. The minimum absolute atomic E-state index is 0.354. The van der Waals surface area contributed by atoms with Crippen molar-refractivity contribution in [3.63, 3.8) is 0 Å². The predicted molar refractivity (Wildman–Crippen MR) is 87.4 cm³/mol. The Bertz CT molecular complexity index is 698. The minimum atomic E-state index is -0.473. The topological polar surface area (TPSA) is 75.4 Å². The lowest BCUT2D eigenvalue weighted by Crippen LogP contribution is -2.42. The van der Waals surface area contributed by atoms with Gasteiger partial charge in [0, 0.05) is 19.2 Å². The lowest BCUT2D eigenvalue weighted by molar-refractivity contribution is -0.115. The van der Waals surface area contributed by atoms with Gasteiger partial charge in [-0.05, 0) is 30.7 Å². The summed E-state index contributed by atoms with van der Waals surface area (Å²) in [4.78, 5) is 25.2. The summed E-state index contributed by atoms with van der Waals surface area (Å²) < 4.78 is 0. The Balaban J connectivity index is 2.12. The van der Waals surface area contributed by atoms with E-state index < -0.39 is 6.03 Å². The lowest BCUT2D eigenvalue weighted by Gasteiger charge is -2.20. The van der Waals surface area contributed by atoms with Gasteiger partial charge in [-0.25, -0.2) is 9.69 Å². The van der Waals surface area contributed by atoms with Crippen molar-refractivity contribution < 1.29 is 9.59 Å². The zero-order valence-electron chi connectivity index (χ0n) is 12.7. The number of imide groups is 1. The fourth-order valence-corrected chi connectivity index (χ4v) is 2.18. The largest absolute Gasteiger partial charge is 0.399 e. The quantitative estimate of drug-likeness (QED) is 0.855. The van der Waals surface area contributed by atoms with Crippen molar-refractivity contribution in [3.8, 4) is 0 Å². The molecule has 0 bridgehead atoms. The fourth-order valence-electron chi connectivity index (χ4n) is 2.18. The summed E-state index contributed by atoms with van der Waals surface area (Å²) in [6.07, 6.45) is 0. The Labute approximate surface area is 129 Å².